The lowest BCUT2D eigenvalue weighted by Crippen LogP contribution is -2.38. The third-order valence-corrected chi connectivity index (χ3v) is 5.89. The molecule has 3 aromatic rings. The van der Waals surface area contributed by atoms with Gasteiger partial charge in [-0.25, -0.2) is 4.79 Å². The first-order valence-corrected chi connectivity index (χ1v) is 10.1. The van der Waals surface area contributed by atoms with Crippen molar-refractivity contribution in [1.82, 2.24) is 4.90 Å². The number of hydrogen-bond acceptors (Lipinski definition) is 6. The standard InChI is InChI=1S/C22H19NO5S/c1-14(24)15-2-4-16(5-3-15)18-6-7-19(28-18)22(26)27-13-21(25)23-10-8-20-17(12-23)9-11-29-20/h2-7,9,11H,8,10,12-13H2,1H3. The van der Waals surface area contributed by atoms with Gasteiger partial charge < -0.3 is 14.1 Å². The van der Waals surface area contributed by atoms with E-state index in [4.69, 9.17) is 9.15 Å². The number of nitrogens with zero attached hydrogens (tertiary/aromatic N) is 1. The predicted octanol–water partition coefficient (Wildman–Crippen LogP) is 3.95. The molecule has 1 aliphatic heterocycles. The first-order valence-electron chi connectivity index (χ1n) is 9.22. The fraction of sp³-hybridized carbons (Fsp3) is 0.227. The molecule has 0 spiro atoms. The van der Waals surface area contributed by atoms with E-state index in [9.17, 15) is 14.4 Å². The molecule has 0 saturated heterocycles. The van der Waals surface area contributed by atoms with Crippen molar-refractivity contribution in [3.63, 3.8) is 0 Å². The highest BCUT2D eigenvalue weighted by Gasteiger charge is 2.23. The van der Waals surface area contributed by atoms with Crippen LogP contribution in [0.15, 0.2) is 52.3 Å². The Balaban J connectivity index is 1.34. The van der Waals surface area contributed by atoms with Crippen LogP contribution >= 0.6 is 11.3 Å². The van der Waals surface area contributed by atoms with E-state index in [0.717, 1.165) is 17.5 Å². The summed E-state index contributed by atoms with van der Waals surface area (Å²) in [7, 11) is 0. The summed E-state index contributed by atoms with van der Waals surface area (Å²) in [4.78, 5) is 39.0. The molecular formula is C22H19NO5S. The van der Waals surface area contributed by atoms with Crippen molar-refractivity contribution in [2.45, 2.75) is 19.9 Å². The van der Waals surface area contributed by atoms with Crippen molar-refractivity contribution < 1.29 is 23.5 Å². The van der Waals surface area contributed by atoms with Gasteiger partial charge in [-0.2, -0.15) is 0 Å². The van der Waals surface area contributed by atoms with E-state index in [-0.39, 0.29) is 24.1 Å². The zero-order chi connectivity index (χ0) is 20.4. The summed E-state index contributed by atoms with van der Waals surface area (Å²) in [6.07, 6.45) is 0.830. The van der Waals surface area contributed by atoms with E-state index in [1.165, 1.54) is 17.9 Å². The summed E-state index contributed by atoms with van der Waals surface area (Å²) < 4.78 is 10.7. The second-order valence-corrected chi connectivity index (χ2v) is 7.81. The van der Waals surface area contributed by atoms with Gasteiger partial charge in [-0.1, -0.05) is 24.3 Å². The van der Waals surface area contributed by atoms with E-state index >= 15 is 0 Å². The van der Waals surface area contributed by atoms with Crippen LogP contribution in [0.5, 0.6) is 0 Å². The smallest absolute Gasteiger partial charge is 0.374 e. The molecule has 1 aliphatic rings. The van der Waals surface area contributed by atoms with Crippen LogP contribution < -0.4 is 0 Å². The molecule has 148 valence electrons. The number of ether oxygens (including phenoxy) is 1. The van der Waals surface area contributed by atoms with Gasteiger partial charge in [0.2, 0.25) is 5.76 Å². The zero-order valence-electron chi connectivity index (χ0n) is 15.8. The number of ketones is 1. The Kier molecular flexibility index (Phi) is 5.31. The maximum Gasteiger partial charge on any atom is 0.374 e. The quantitative estimate of drug-likeness (QED) is 0.471. The van der Waals surface area contributed by atoms with Gasteiger partial charge in [0.15, 0.2) is 12.4 Å². The molecular weight excluding hydrogens is 390 g/mol. The van der Waals surface area contributed by atoms with Crippen molar-refractivity contribution in [3.8, 4) is 11.3 Å². The molecule has 4 rings (SSSR count). The molecule has 0 unspecified atom stereocenters. The van der Waals surface area contributed by atoms with E-state index < -0.39 is 5.97 Å². The summed E-state index contributed by atoms with van der Waals surface area (Å²) >= 11 is 1.70. The summed E-state index contributed by atoms with van der Waals surface area (Å²) in [6.45, 7) is 2.36. The predicted molar refractivity (Wildman–Crippen MR) is 108 cm³/mol. The lowest BCUT2D eigenvalue weighted by Gasteiger charge is -2.26. The highest BCUT2D eigenvalue weighted by molar-refractivity contribution is 7.10. The van der Waals surface area contributed by atoms with Gasteiger partial charge in [0.1, 0.15) is 5.76 Å². The monoisotopic (exact) mass is 409 g/mol. The molecule has 0 atom stereocenters. The summed E-state index contributed by atoms with van der Waals surface area (Å²) in [5.41, 5.74) is 2.50. The van der Waals surface area contributed by atoms with Crippen LogP contribution in [-0.4, -0.2) is 35.7 Å². The van der Waals surface area contributed by atoms with Gasteiger partial charge in [-0.05, 0) is 42.5 Å². The van der Waals surface area contributed by atoms with Crippen LogP contribution in [-0.2, 0) is 22.5 Å². The van der Waals surface area contributed by atoms with Crippen LogP contribution in [0.25, 0.3) is 11.3 Å². The number of Topliss-reactive ketones (excluding diaryl/α,β-unsaturated/α-hetero) is 1. The molecule has 0 aliphatic carbocycles. The first-order chi connectivity index (χ1) is 14.0. The molecule has 29 heavy (non-hydrogen) atoms. The number of carbonyl (C=O) groups is 3. The number of rotatable bonds is 5. The summed E-state index contributed by atoms with van der Waals surface area (Å²) in [5, 5.41) is 2.03. The lowest BCUT2D eigenvalue weighted by molar-refractivity contribution is -0.135. The third-order valence-electron chi connectivity index (χ3n) is 4.87. The Morgan fingerprint density at radius 2 is 1.90 bits per heavy atom. The van der Waals surface area contributed by atoms with Crippen LogP contribution in [0, 0.1) is 0 Å². The van der Waals surface area contributed by atoms with Gasteiger partial charge in [0.05, 0.1) is 0 Å². The van der Waals surface area contributed by atoms with Crippen molar-refractivity contribution in [2.75, 3.05) is 13.2 Å². The SMILES string of the molecule is CC(=O)c1ccc(-c2ccc(C(=O)OCC(=O)N3CCc4sccc4C3)o2)cc1. The second-order valence-electron chi connectivity index (χ2n) is 6.81. The Labute approximate surface area is 171 Å². The van der Waals surface area contributed by atoms with Gasteiger partial charge in [-0.3, -0.25) is 9.59 Å². The number of benzene rings is 1. The fourth-order valence-electron chi connectivity index (χ4n) is 3.22. The molecule has 2 aromatic heterocycles. The molecule has 7 heteroatoms. The summed E-state index contributed by atoms with van der Waals surface area (Å²) in [6, 6.07) is 12.1. The maximum atomic E-state index is 12.4. The highest BCUT2D eigenvalue weighted by Crippen LogP contribution is 2.25. The topological polar surface area (TPSA) is 76.8 Å². The Morgan fingerprint density at radius 1 is 1.10 bits per heavy atom. The number of amides is 1. The van der Waals surface area contributed by atoms with Crippen molar-refractivity contribution in [2.24, 2.45) is 0 Å². The molecule has 3 heterocycles. The number of furan rings is 1. The van der Waals surface area contributed by atoms with Crippen LogP contribution in [0.1, 0.15) is 38.3 Å². The minimum atomic E-state index is -0.682. The second kappa shape index (κ2) is 8.05. The van der Waals surface area contributed by atoms with Crippen LogP contribution in [0.3, 0.4) is 0 Å². The van der Waals surface area contributed by atoms with Crippen LogP contribution in [0.4, 0.5) is 0 Å². The minimum absolute atomic E-state index is 0.0196. The maximum absolute atomic E-state index is 12.4. The first kappa shape index (κ1) is 19.1. The average molecular weight is 409 g/mol. The molecule has 0 saturated carbocycles. The zero-order valence-corrected chi connectivity index (χ0v) is 16.7. The highest BCUT2D eigenvalue weighted by atomic mass is 32.1. The molecule has 1 aromatic carbocycles. The normalized spacial score (nSPS) is 13.1. The van der Waals surface area contributed by atoms with Crippen molar-refractivity contribution in [3.05, 3.63) is 69.6 Å². The van der Waals surface area contributed by atoms with E-state index in [2.05, 4.69) is 0 Å². The summed E-state index contributed by atoms with van der Waals surface area (Å²) in [5.74, 6) is -0.407. The average Bonchev–Trinajstić information content (AvgIpc) is 3.40. The number of fused-ring (bicyclic) bond motifs is 1. The lowest BCUT2D eigenvalue weighted by atomic mass is 10.1. The molecule has 0 N–H and O–H groups in total. The van der Waals surface area contributed by atoms with Crippen molar-refractivity contribution >= 4 is 29.0 Å². The minimum Gasteiger partial charge on any atom is -0.450 e. The van der Waals surface area contributed by atoms with Gasteiger partial charge in [-0.15, -0.1) is 11.3 Å². The number of esters is 1. The Hall–Kier alpha value is -3.19. The number of thiophene rings is 1. The molecule has 6 nitrogen and oxygen atoms in total. The Bertz CT molecular complexity index is 1060. The van der Waals surface area contributed by atoms with E-state index in [0.29, 0.717) is 24.4 Å². The largest absolute Gasteiger partial charge is 0.450 e. The van der Waals surface area contributed by atoms with Gasteiger partial charge in [0, 0.05) is 29.1 Å². The van der Waals surface area contributed by atoms with Crippen LogP contribution in [0.2, 0.25) is 0 Å². The molecule has 0 radical (unpaired) electrons. The molecule has 0 fully saturated rings. The number of carbonyl (C=O) groups excluding carboxylic acids is 3. The third kappa shape index (κ3) is 4.14. The van der Waals surface area contributed by atoms with E-state index in [1.54, 1.807) is 46.6 Å². The van der Waals surface area contributed by atoms with Gasteiger partial charge >= 0.3 is 5.97 Å². The molecule has 1 amide bonds. The number of hydrogen-bond donors (Lipinski definition) is 0. The Morgan fingerprint density at radius 3 is 2.66 bits per heavy atom. The van der Waals surface area contributed by atoms with Gasteiger partial charge in [0.25, 0.3) is 5.91 Å². The molecule has 0 bridgehead atoms. The van der Waals surface area contributed by atoms with E-state index in [1.807, 2.05) is 11.4 Å². The fourth-order valence-corrected chi connectivity index (χ4v) is 4.11. The van der Waals surface area contributed by atoms with Crippen molar-refractivity contribution in [1.29, 1.82) is 0 Å².